The van der Waals surface area contributed by atoms with Gasteiger partial charge in [-0.3, -0.25) is 4.98 Å². The van der Waals surface area contributed by atoms with E-state index >= 15 is 0 Å². The number of pyridine rings is 1. The van der Waals surface area contributed by atoms with Crippen LogP contribution in [0.3, 0.4) is 0 Å². The fourth-order valence-corrected chi connectivity index (χ4v) is 0.821. The van der Waals surface area contributed by atoms with Crippen molar-refractivity contribution in [2.75, 3.05) is 0 Å². The smallest absolute Gasteiger partial charge is 0.0372 e. The van der Waals surface area contributed by atoms with Crippen LogP contribution in [0.2, 0.25) is 0 Å². The summed E-state index contributed by atoms with van der Waals surface area (Å²) in [5, 5.41) is 0. The van der Waals surface area contributed by atoms with Gasteiger partial charge < -0.3 is 0 Å². The maximum Gasteiger partial charge on any atom is 0.0372 e. The fraction of sp³-hybridized carbons (Fsp3) is 0.500. The topological polar surface area (TPSA) is 12.9 Å². The van der Waals surface area contributed by atoms with E-state index in [0.717, 1.165) is 5.69 Å². The quantitative estimate of drug-likeness (QED) is 0.601. The van der Waals surface area contributed by atoms with Crippen LogP contribution < -0.4 is 0 Å². The van der Waals surface area contributed by atoms with E-state index in [1.165, 1.54) is 5.56 Å². The van der Waals surface area contributed by atoms with E-state index in [4.69, 9.17) is 0 Å². The van der Waals surface area contributed by atoms with Gasteiger partial charge in [0.25, 0.3) is 0 Å². The fourth-order valence-electron chi connectivity index (χ4n) is 0.821. The molecule has 0 saturated carbocycles. The molecule has 0 amide bonds. The average molecular weight is 151 g/mol. The minimum absolute atomic E-state index is 0. The Morgan fingerprint density at radius 1 is 1.27 bits per heavy atom. The van der Waals surface area contributed by atoms with E-state index in [9.17, 15) is 0 Å². The van der Waals surface area contributed by atoms with E-state index in [1.54, 1.807) is 0 Å². The first-order valence-corrected chi connectivity index (χ1v) is 3.62. The molecule has 0 aliphatic carbocycles. The Balaban J connectivity index is 0.000001000. The summed E-state index contributed by atoms with van der Waals surface area (Å²) < 4.78 is 0. The standard InChI is InChI=1S/C9H13N.CH4/c1-7(2)9-5-4-8(3)10-6-9;/h4-7H,1-3H3;1H4. The molecule has 1 heterocycles. The molecular weight excluding hydrogens is 134 g/mol. The molecule has 0 saturated heterocycles. The van der Waals surface area contributed by atoms with Gasteiger partial charge in [0.2, 0.25) is 0 Å². The SMILES string of the molecule is C.Cc1ccc(C(C)C)cn1. The van der Waals surface area contributed by atoms with Gasteiger partial charge in [-0.15, -0.1) is 0 Å². The van der Waals surface area contributed by atoms with E-state index in [-0.39, 0.29) is 7.43 Å². The van der Waals surface area contributed by atoms with Crippen LogP contribution >= 0.6 is 0 Å². The first-order chi connectivity index (χ1) is 4.70. The zero-order valence-corrected chi connectivity index (χ0v) is 6.76. The Morgan fingerprint density at radius 3 is 2.27 bits per heavy atom. The maximum atomic E-state index is 4.20. The lowest BCUT2D eigenvalue weighted by molar-refractivity contribution is 0.855. The number of aromatic nitrogens is 1. The van der Waals surface area contributed by atoms with Gasteiger partial charge in [0, 0.05) is 11.9 Å². The summed E-state index contributed by atoms with van der Waals surface area (Å²) in [5.74, 6) is 0.591. The zero-order valence-electron chi connectivity index (χ0n) is 6.76. The van der Waals surface area contributed by atoms with Crippen molar-refractivity contribution in [2.24, 2.45) is 0 Å². The summed E-state index contributed by atoms with van der Waals surface area (Å²) in [7, 11) is 0. The first-order valence-electron chi connectivity index (χ1n) is 3.62. The Labute approximate surface area is 69.5 Å². The van der Waals surface area contributed by atoms with Gasteiger partial charge >= 0.3 is 0 Å². The van der Waals surface area contributed by atoms with Crippen molar-refractivity contribution in [1.29, 1.82) is 0 Å². The molecule has 1 aromatic heterocycles. The van der Waals surface area contributed by atoms with Crippen LogP contribution in [0.1, 0.15) is 38.4 Å². The molecule has 1 rings (SSSR count). The number of rotatable bonds is 1. The first kappa shape index (κ1) is 10.2. The third-order valence-electron chi connectivity index (χ3n) is 1.60. The number of aryl methyl sites for hydroxylation is 1. The predicted octanol–water partition coefficient (Wildman–Crippen LogP) is 3.15. The van der Waals surface area contributed by atoms with Gasteiger partial charge in [0.1, 0.15) is 0 Å². The molecule has 0 radical (unpaired) electrons. The Morgan fingerprint density at radius 2 is 1.91 bits per heavy atom. The van der Waals surface area contributed by atoms with Crippen LogP contribution in [0.25, 0.3) is 0 Å². The van der Waals surface area contributed by atoms with Crippen LogP contribution in [-0.4, -0.2) is 4.98 Å². The monoisotopic (exact) mass is 151 g/mol. The third kappa shape index (κ3) is 2.71. The highest BCUT2D eigenvalue weighted by Crippen LogP contribution is 2.11. The molecule has 1 heteroatoms. The molecule has 1 nitrogen and oxygen atoms in total. The van der Waals surface area contributed by atoms with Gasteiger partial charge in [-0.05, 0) is 24.5 Å². The molecule has 0 fully saturated rings. The van der Waals surface area contributed by atoms with Gasteiger partial charge in [0.15, 0.2) is 0 Å². The van der Waals surface area contributed by atoms with Crippen LogP contribution in [0.5, 0.6) is 0 Å². The van der Waals surface area contributed by atoms with Crippen LogP contribution in [-0.2, 0) is 0 Å². The van der Waals surface area contributed by atoms with Crippen molar-refractivity contribution in [2.45, 2.75) is 34.1 Å². The van der Waals surface area contributed by atoms with Crippen molar-refractivity contribution in [3.05, 3.63) is 29.6 Å². The molecular formula is C10H17N. The van der Waals surface area contributed by atoms with Crippen molar-refractivity contribution in [1.82, 2.24) is 4.98 Å². The molecule has 1 aromatic rings. The van der Waals surface area contributed by atoms with Crippen molar-refractivity contribution < 1.29 is 0 Å². The summed E-state index contributed by atoms with van der Waals surface area (Å²) >= 11 is 0. The summed E-state index contributed by atoms with van der Waals surface area (Å²) in [6, 6.07) is 4.18. The highest BCUT2D eigenvalue weighted by molar-refractivity contribution is 5.15. The molecule has 0 spiro atoms. The van der Waals surface area contributed by atoms with Crippen molar-refractivity contribution in [3.63, 3.8) is 0 Å². The number of hydrogen-bond acceptors (Lipinski definition) is 1. The zero-order chi connectivity index (χ0) is 7.56. The second-order valence-corrected chi connectivity index (χ2v) is 2.89. The highest BCUT2D eigenvalue weighted by atomic mass is 14.7. The van der Waals surface area contributed by atoms with Crippen LogP contribution in [0, 0.1) is 6.92 Å². The minimum atomic E-state index is 0. The average Bonchev–Trinajstić information content (AvgIpc) is 1.88. The Bertz CT molecular complexity index is 199. The van der Waals surface area contributed by atoms with Gasteiger partial charge in [-0.1, -0.05) is 27.3 Å². The largest absolute Gasteiger partial charge is 0.261 e. The third-order valence-corrected chi connectivity index (χ3v) is 1.60. The van der Waals surface area contributed by atoms with Crippen LogP contribution in [0.15, 0.2) is 18.3 Å². The van der Waals surface area contributed by atoms with E-state index < -0.39 is 0 Å². The highest BCUT2D eigenvalue weighted by Gasteiger charge is 1.96. The summed E-state index contributed by atoms with van der Waals surface area (Å²) in [6.07, 6.45) is 1.94. The van der Waals surface area contributed by atoms with E-state index in [1.807, 2.05) is 13.1 Å². The molecule has 11 heavy (non-hydrogen) atoms. The van der Waals surface area contributed by atoms with Crippen molar-refractivity contribution in [3.8, 4) is 0 Å². The minimum Gasteiger partial charge on any atom is -0.261 e. The van der Waals surface area contributed by atoms with Crippen LogP contribution in [0.4, 0.5) is 0 Å². The second kappa shape index (κ2) is 4.12. The Hall–Kier alpha value is -0.850. The summed E-state index contributed by atoms with van der Waals surface area (Å²) in [5.41, 5.74) is 2.40. The van der Waals surface area contributed by atoms with Gasteiger partial charge in [-0.25, -0.2) is 0 Å². The number of nitrogens with zero attached hydrogens (tertiary/aromatic N) is 1. The predicted molar refractivity (Wildman–Crippen MR) is 49.8 cm³/mol. The molecule has 0 atom stereocenters. The second-order valence-electron chi connectivity index (χ2n) is 2.89. The number of hydrogen-bond donors (Lipinski definition) is 0. The lowest BCUT2D eigenvalue weighted by atomic mass is 10.1. The summed E-state index contributed by atoms with van der Waals surface area (Å²) in [6.45, 7) is 6.35. The molecule has 0 bridgehead atoms. The lowest BCUT2D eigenvalue weighted by Gasteiger charge is -2.02. The normalized spacial score (nSPS) is 9.45. The molecule has 62 valence electrons. The molecule has 0 aliphatic heterocycles. The van der Waals surface area contributed by atoms with E-state index in [0.29, 0.717) is 5.92 Å². The molecule has 0 aliphatic rings. The van der Waals surface area contributed by atoms with Gasteiger partial charge in [0.05, 0.1) is 0 Å². The molecule has 0 unspecified atom stereocenters. The molecule has 0 aromatic carbocycles. The summed E-state index contributed by atoms with van der Waals surface area (Å²) in [4.78, 5) is 4.20. The lowest BCUT2D eigenvalue weighted by Crippen LogP contribution is -1.88. The van der Waals surface area contributed by atoms with E-state index in [2.05, 4.69) is 31.0 Å². The Kier molecular flexibility index (Phi) is 3.80. The maximum absolute atomic E-state index is 4.20. The molecule has 0 N–H and O–H groups in total. The van der Waals surface area contributed by atoms with Gasteiger partial charge in [-0.2, -0.15) is 0 Å². The van der Waals surface area contributed by atoms with Crippen molar-refractivity contribution >= 4 is 0 Å².